The third kappa shape index (κ3) is 2.68. The van der Waals surface area contributed by atoms with E-state index in [0.29, 0.717) is 13.2 Å². The van der Waals surface area contributed by atoms with Crippen molar-refractivity contribution in [3.05, 3.63) is 22.4 Å². The molecule has 3 heterocycles. The maximum atomic E-state index is 12.5. The minimum absolute atomic E-state index is 0.137. The molecule has 1 atom stereocenters. The summed E-state index contributed by atoms with van der Waals surface area (Å²) in [5, 5.41) is 1.96. The molecule has 1 amide bonds. The highest BCUT2D eigenvalue weighted by Gasteiger charge is 2.41. The second-order valence-electron chi connectivity index (χ2n) is 5.74. The van der Waals surface area contributed by atoms with Gasteiger partial charge >= 0.3 is 0 Å². The third-order valence-corrected chi connectivity index (χ3v) is 4.95. The number of likely N-dealkylation sites (tertiary alicyclic amines) is 1. The summed E-state index contributed by atoms with van der Waals surface area (Å²) < 4.78 is 5.76. The number of thiophene rings is 1. The summed E-state index contributed by atoms with van der Waals surface area (Å²) >= 11 is 1.52. The predicted octanol–water partition coefficient (Wildman–Crippen LogP) is 1.54. The van der Waals surface area contributed by atoms with Crippen LogP contribution in [-0.2, 0) is 4.74 Å². The van der Waals surface area contributed by atoms with Gasteiger partial charge in [-0.1, -0.05) is 6.07 Å². The highest BCUT2D eigenvalue weighted by atomic mass is 32.1. The molecule has 0 saturated carbocycles. The first-order valence-electron chi connectivity index (χ1n) is 6.78. The predicted molar refractivity (Wildman–Crippen MR) is 75.6 cm³/mol. The molecule has 0 unspecified atom stereocenters. The summed E-state index contributed by atoms with van der Waals surface area (Å²) in [6, 6.07) is 3.84. The minimum atomic E-state index is 0.137. The third-order valence-electron chi connectivity index (χ3n) is 4.09. The van der Waals surface area contributed by atoms with E-state index in [9.17, 15) is 4.79 Å². The van der Waals surface area contributed by atoms with Gasteiger partial charge in [-0.15, -0.1) is 11.3 Å². The van der Waals surface area contributed by atoms with Crippen LogP contribution in [0.4, 0.5) is 0 Å². The number of nitrogens with zero attached hydrogens (tertiary/aromatic N) is 2. The molecule has 1 aromatic rings. The highest BCUT2D eigenvalue weighted by molar-refractivity contribution is 7.12. The van der Waals surface area contributed by atoms with Crippen molar-refractivity contribution in [1.29, 1.82) is 0 Å². The number of amides is 1. The fourth-order valence-corrected chi connectivity index (χ4v) is 3.82. The molecular weight excluding hydrogens is 260 g/mol. The molecule has 0 radical (unpaired) electrons. The summed E-state index contributed by atoms with van der Waals surface area (Å²) in [4.78, 5) is 17.7. The Kier molecular flexibility index (Phi) is 3.60. The van der Waals surface area contributed by atoms with Crippen LogP contribution in [0.1, 0.15) is 16.1 Å². The van der Waals surface area contributed by atoms with Crippen LogP contribution in [0.15, 0.2) is 17.5 Å². The summed E-state index contributed by atoms with van der Waals surface area (Å²) in [6.07, 6.45) is 1.12. The van der Waals surface area contributed by atoms with Gasteiger partial charge in [0.15, 0.2) is 0 Å². The van der Waals surface area contributed by atoms with Gasteiger partial charge in [-0.05, 0) is 31.5 Å². The van der Waals surface area contributed by atoms with E-state index in [1.54, 1.807) is 0 Å². The zero-order valence-corrected chi connectivity index (χ0v) is 12.1. The van der Waals surface area contributed by atoms with Crippen LogP contribution in [0.25, 0.3) is 0 Å². The topological polar surface area (TPSA) is 32.8 Å². The van der Waals surface area contributed by atoms with E-state index in [4.69, 9.17) is 4.74 Å². The average molecular weight is 280 g/mol. The van der Waals surface area contributed by atoms with Crippen LogP contribution in [-0.4, -0.2) is 62.1 Å². The zero-order chi connectivity index (χ0) is 13.3. The van der Waals surface area contributed by atoms with E-state index < -0.39 is 0 Å². The zero-order valence-electron chi connectivity index (χ0n) is 11.3. The SMILES string of the molecule is CN1CC[C@@]2(COCCN(C(=O)c3cccs3)C2)C1. The number of carbonyl (C=O) groups is 1. The molecule has 5 heteroatoms. The van der Waals surface area contributed by atoms with Crippen molar-refractivity contribution in [3.63, 3.8) is 0 Å². The van der Waals surface area contributed by atoms with Gasteiger partial charge in [0, 0.05) is 25.0 Å². The van der Waals surface area contributed by atoms with Crippen LogP contribution in [0.2, 0.25) is 0 Å². The fourth-order valence-electron chi connectivity index (χ4n) is 3.13. The Morgan fingerprint density at radius 2 is 2.32 bits per heavy atom. The van der Waals surface area contributed by atoms with E-state index in [1.165, 1.54) is 11.3 Å². The largest absolute Gasteiger partial charge is 0.379 e. The molecule has 3 rings (SSSR count). The van der Waals surface area contributed by atoms with Gasteiger partial charge in [0.1, 0.15) is 0 Å². The number of rotatable bonds is 1. The van der Waals surface area contributed by atoms with Crippen molar-refractivity contribution in [2.75, 3.05) is 46.4 Å². The Labute approximate surface area is 118 Å². The van der Waals surface area contributed by atoms with Crippen molar-refractivity contribution in [2.24, 2.45) is 5.41 Å². The lowest BCUT2D eigenvalue weighted by molar-refractivity contribution is 0.0662. The van der Waals surface area contributed by atoms with Gasteiger partial charge in [0.05, 0.1) is 18.1 Å². The van der Waals surface area contributed by atoms with E-state index in [-0.39, 0.29) is 11.3 Å². The van der Waals surface area contributed by atoms with Gasteiger partial charge in [0.2, 0.25) is 0 Å². The molecular formula is C14H20N2O2S. The van der Waals surface area contributed by atoms with Gasteiger partial charge in [-0.2, -0.15) is 0 Å². The summed E-state index contributed by atoms with van der Waals surface area (Å²) in [5.41, 5.74) is 0.137. The van der Waals surface area contributed by atoms with Gasteiger partial charge in [0.25, 0.3) is 5.91 Å². The average Bonchev–Trinajstić information content (AvgIpc) is 2.98. The second kappa shape index (κ2) is 5.23. The van der Waals surface area contributed by atoms with Crippen LogP contribution in [0.3, 0.4) is 0 Å². The van der Waals surface area contributed by atoms with Crippen molar-refractivity contribution in [3.8, 4) is 0 Å². The molecule has 2 fully saturated rings. The molecule has 2 aliphatic rings. The number of ether oxygens (including phenoxy) is 1. The maximum absolute atomic E-state index is 12.5. The summed E-state index contributed by atoms with van der Waals surface area (Å²) in [7, 11) is 2.14. The summed E-state index contributed by atoms with van der Waals surface area (Å²) in [6.45, 7) is 5.11. The highest BCUT2D eigenvalue weighted by Crippen LogP contribution is 2.33. The molecule has 104 valence electrons. The first-order valence-corrected chi connectivity index (χ1v) is 7.66. The normalized spacial score (nSPS) is 28.8. The van der Waals surface area contributed by atoms with Crippen LogP contribution >= 0.6 is 11.3 Å². The summed E-state index contributed by atoms with van der Waals surface area (Å²) in [5.74, 6) is 0.162. The quantitative estimate of drug-likeness (QED) is 0.782. The Morgan fingerprint density at radius 3 is 3.00 bits per heavy atom. The Morgan fingerprint density at radius 1 is 1.42 bits per heavy atom. The molecule has 0 aliphatic carbocycles. The van der Waals surface area contributed by atoms with E-state index >= 15 is 0 Å². The fraction of sp³-hybridized carbons (Fsp3) is 0.643. The molecule has 1 spiro atoms. The Hall–Kier alpha value is -0.910. The van der Waals surface area contributed by atoms with Crippen LogP contribution in [0, 0.1) is 5.41 Å². The maximum Gasteiger partial charge on any atom is 0.264 e. The molecule has 2 aliphatic heterocycles. The van der Waals surface area contributed by atoms with Crippen LogP contribution in [0.5, 0.6) is 0 Å². The van der Waals surface area contributed by atoms with Gasteiger partial charge in [-0.3, -0.25) is 4.79 Å². The van der Waals surface area contributed by atoms with E-state index in [0.717, 1.165) is 37.5 Å². The van der Waals surface area contributed by atoms with Crippen molar-refractivity contribution >= 4 is 17.2 Å². The smallest absolute Gasteiger partial charge is 0.264 e. The lowest BCUT2D eigenvalue weighted by Crippen LogP contribution is -2.42. The molecule has 2 saturated heterocycles. The Balaban J connectivity index is 1.76. The van der Waals surface area contributed by atoms with Crippen LogP contribution < -0.4 is 0 Å². The molecule has 4 nitrogen and oxygen atoms in total. The lowest BCUT2D eigenvalue weighted by atomic mass is 9.87. The molecule has 19 heavy (non-hydrogen) atoms. The minimum Gasteiger partial charge on any atom is -0.379 e. The first-order chi connectivity index (χ1) is 9.19. The van der Waals surface area contributed by atoms with Crippen molar-refractivity contribution in [2.45, 2.75) is 6.42 Å². The van der Waals surface area contributed by atoms with Crippen molar-refractivity contribution in [1.82, 2.24) is 9.80 Å². The van der Waals surface area contributed by atoms with Crippen molar-refractivity contribution < 1.29 is 9.53 Å². The first kappa shape index (κ1) is 13.1. The van der Waals surface area contributed by atoms with Gasteiger partial charge < -0.3 is 14.5 Å². The monoisotopic (exact) mass is 280 g/mol. The van der Waals surface area contributed by atoms with E-state index in [1.807, 2.05) is 22.4 Å². The van der Waals surface area contributed by atoms with E-state index in [2.05, 4.69) is 11.9 Å². The second-order valence-corrected chi connectivity index (χ2v) is 6.69. The molecule has 0 aromatic carbocycles. The molecule has 1 aromatic heterocycles. The Bertz CT molecular complexity index is 448. The lowest BCUT2D eigenvalue weighted by Gasteiger charge is -2.31. The molecule has 0 N–H and O–H groups in total. The number of hydrogen-bond donors (Lipinski definition) is 0. The number of carbonyl (C=O) groups excluding carboxylic acids is 1. The van der Waals surface area contributed by atoms with Gasteiger partial charge in [-0.25, -0.2) is 0 Å². The molecule has 0 bridgehead atoms. The standard InChI is InChI=1S/C14H20N2O2S/c1-15-5-4-14(9-15)10-16(6-7-18-11-14)13(17)12-3-2-8-19-12/h2-3,8H,4-7,9-11H2,1H3/t14-/m1/s1. The number of hydrogen-bond acceptors (Lipinski definition) is 4.